The molecule has 244 valence electrons. The molecule has 2 aliphatic rings. The van der Waals surface area contributed by atoms with E-state index in [1.165, 1.54) is 18.4 Å². The quantitative estimate of drug-likeness (QED) is 0.135. The number of aliphatic carboxylic acids is 1. The molecule has 5 N–H and O–H groups in total. The van der Waals surface area contributed by atoms with Crippen LogP contribution in [0.3, 0.4) is 0 Å². The van der Waals surface area contributed by atoms with Crippen LogP contribution in [-0.4, -0.2) is 48.6 Å². The summed E-state index contributed by atoms with van der Waals surface area (Å²) in [5.74, 6) is -2.12. The van der Waals surface area contributed by atoms with Crippen LogP contribution in [0, 0.1) is 20.8 Å². The van der Waals surface area contributed by atoms with Gasteiger partial charge in [0.2, 0.25) is 0 Å². The molecule has 0 saturated heterocycles. The molecule has 0 saturated carbocycles. The van der Waals surface area contributed by atoms with Crippen LogP contribution >= 0.6 is 0 Å². The van der Waals surface area contributed by atoms with Crippen molar-refractivity contribution in [1.29, 1.82) is 0 Å². The van der Waals surface area contributed by atoms with Gasteiger partial charge in [-0.15, -0.1) is 0 Å². The SMILES string of the molecule is CCCCCNCc1c(C)c2cc3nc(c(C)c4[nH]c(cc5nc(cc1[nH]2)C(C)=C5CC)c(C)c4C(=O)O)[C@@H](CCC(=O)O)[C@@H]3C. The second kappa shape index (κ2) is 13.6. The minimum Gasteiger partial charge on any atom is -0.481 e. The van der Waals surface area contributed by atoms with Gasteiger partial charge in [0.25, 0.3) is 0 Å². The third kappa shape index (κ3) is 6.25. The number of carboxylic acid groups (broad SMARTS) is 2. The zero-order chi connectivity index (χ0) is 33.3. The van der Waals surface area contributed by atoms with E-state index in [0.29, 0.717) is 23.0 Å². The average Bonchev–Trinajstić information content (AvgIpc) is 3.69. The highest BCUT2D eigenvalue weighted by atomic mass is 16.4. The van der Waals surface area contributed by atoms with Crippen LogP contribution < -0.4 is 5.32 Å². The fourth-order valence-corrected chi connectivity index (χ4v) is 7.04. The van der Waals surface area contributed by atoms with Gasteiger partial charge in [0.15, 0.2) is 0 Å². The fourth-order valence-electron chi connectivity index (χ4n) is 7.04. The van der Waals surface area contributed by atoms with E-state index >= 15 is 0 Å². The zero-order valence-electron chi connectivity index (χ0n) is 28.1. The van der Waals surface area contributed by atoms with Crippen molar-refractivity contribution in [2.45, 2.75) is 105 Å². The van der Waals surface area contributed by atoms with Gasteiger partial charge in [-0.05, 0) is 105 Å². The summed E-state index contributed by atoms with van der Waals surface area (Å²) in [5.41, 5.74) is 12.5. The van der Waals surface area contributed by atoms with Crippen molar-refractivity contribution in [2.24, 2.45) is 0 Å². The van der Waals surface area contributed by atoms with Gasteiger partial charge in [-0.25, -0.2) is 9.78 Å². The lowest BCUT2D eigenvalue weighted by Crippen LogP contribution is -2.14. The van der Waals surface area contributed by atoms with Gasteiger partial charge in [-0.3, -0.25) is 9.78 Å². The number of aryl methyl sites for hydroxylation is 3. The highest BCUT2D eigenvalue weighted by molar-refractivity contribution is 6.02. The maximum atomic E-state index is 12.7. The number of unbranched alkanes of at least 4 members (excludes halogenated alkanes) is 2. The molecule has 0 radical (unpaired) electrons. The summed E-state index contributed by atoms with van der Waals surface area (Å²) in [6.45, 7) is 16.0. The number of aromatic nitrogens is 4. The molecule has 2 aliphatic heterocycles. The molecule has 0 amide bonds. The number of hydrogen-bond acceptors (Lipinski definition) is 5. The van der Waals surface area contributed by atoms with Crippen LogP contribution in [-0.2, 0) is 11.3 Å². The molecular weight excluding hydrogens is 578 g/mol. The van der Waals surface area contributed by atoms with Gasteiger partial charge >= 0.3 is 11.9 Å². The molecule has 5 rings (SSSR count). The van der Waals surface area contributed by atoms with Crippen molar-refractivity contribution >= 4 is 45.2 Å². The van der Waals surface area contributed by atoms with Crippen LogP contribution in [0.1, 0.15) is 133 Å². The van der Waals surface area contributed by atoms with Gasteiger partial charge < -0.3 is 25.5 Å². The lowest BCUT2D eigenvalue weighted by molar-refractivity contribution is -0.137. The largest absolute Gasteiger partial charge is 0.481 e. The first-order valence-corrected chi connectivity index (χ1v) is 16.6. The number of rotatable bonds is 11. The van der Waals surface area contributed by atoms with Crippen LogP contribution in [0.5, 0.6) is 0 Å². The number of H-pyrrole nitrogens is 2. The topological polar surface area (TPSA) is 144 Å². The van der Waals surface area contributed by atoms with Crippen LogP contribution in [0.25, 0.3) is 33.2 Å². The third-order valence-electron chi connectivity index (χ3n) is 9.91. The second-order valence-corrected chi connectivity index (χ2v) is 12.8. The van der Waals surface area contributed by atoms with E-state index in [2.05, 4.69) is 62.0 Å². The first kappa shape index (κ1) is 33.1. The standard InChI is InChI=1S/C37H47N5O4/c1-8-10-11-14-38-18-26-21(5)27-15-29-20(4)25(12-13-33(43)44)35(41-29)23(7)36-34(37(45)46)22(6)30(42-36)17-31-24(9-2)19(3)28(39-31)16-32(26)40-27/h15-17,20,25,38,40,42H,8-14,18H2,1-7H3,(H,43,44)(H,45,46)/t20-,25-/m0/s1. The van der Waals surface area contributed by atoms with E-state index in [-0.39, 0.29) is 23.8 Å². The van der Waals surface area contributed by atoms with Gasteiger partial charge in [0.05, 0.1) is 22.5 Å². The Balaban J connectivity index is 1.87. The van der Waals surface area contributed by atoms with E-state index in [0.717, 1.165) is 82.0 Å². The van der Waals surface area contributed by atoms with Crippen LogP contribution in [0.4, 0.5) is 0 Å². The number of aromatic carboxylic acids is 1. The molecule has 8 bridgehead atoms. The first-order chi connectivity index (χ1) is 22.0. The number of nitrogens with one attached hydrogen (secondary N) is 3. The summed E-state index contributed by atoms with van der Waals surface area (Å²) in [4.78, 5) is 41.6. The number of aromatic amines is 2. The summed E-state index contributed by atoms with van der Waals surface area (Å²) in [6.07, 6.45) is 4.69. The molecule has 9 nitrogen and oxygen atoms in total. The Morgan fingerprint density at radius 2 is 1.61 bits per heavy atom. The third-order valence-corrected chi connectivity index (χ3v) is 9.91. The summed E-state index contributed by atoms with van der Waals surface area (Å²) in [5, 5.41) is 23.6. The van der Waals surface area contributed by atoms with Gasteiger partial charge in [-0.1, -0.05) is 33.6 Å². The van der Waals surface area contributed by atoms with E-state index in [9.17, 15) is 19.8 Å². The smallest absolute Gasteiger partial charge is 0.338 e. The Kier molecular flexibility index (Phi) is 9.82. The molecule has 2 atom stereocenters. The molecule has 0 aromatic carbocycles. The lowest BCUT2D eigenvalue weighted by atomic mass is 9.86. The summed E-state index contributed by atoms with van der Waals surface area (Å²) in [7, 11) is 0. The van der Waals surface area contributed by atoms with Gasteiger partial charge in [0, 0.05) is 52.7 Å². The van der Waals surface area contributed by atoms with Crippen molar-refractivity contribution in [3.05, 3.63) is 68.8 Å². The number of hydrogen-bond donors (Lipinski definition) is 5. The number of carbonyl (C=O) groups is 2. The maximum Gasteiger partial charge on any atom is 0.338 e. The van der Waals surface area contributed by atoms with E-state index < -0.39 is 11.9 Å². The van der Waals surface area contributed by atoms with Crippen molar-refractivity contribution in [3.63, 3.8) is 0 Å². The molecule has 46 heavy (non-hydrogen) atoms. The summed E-state index contributed by atoms with van der Waals surface area (Å²) < 4.78 is 0. The van der Waals surface area contributed by atoms with Crippen LogP contribution in [0.2, 0.25) is 0 Å². The highest BCUT2D eigenvalue weighted by Crippen LogP contribution is 2.42. The molecule has 3 aromatic heterocycles. The first-order valence-electron chi connectivity index (χ1n) is 16.6. The minimum atomic E-state index is -1.02. The van der Waals surface area contributed by atoms with Crippen molar-refractivity contribution in [2.75, 3.05) is 6.54 Å². The predicted molar refractivity (Wildman–Crippen MR) is 184 cm³/mol. The van der Waals surface area contributed by atoms with Gasteiger partial charge in [-0.2, -0.15) is 0 Å². The molecule has 0 unspecified atom stereocenters. The lowest BCUT2D eigenvalue weighted by Gasteiger charge is -2.16. The molecular formula is C37H47N5O4. The molecule has 9 heteroatoms. The molecule has 0 aliphatic carbocycles. The Morgan fingerprint density at radius 3 is 2.28 bits per heavy atom. The number of carboxylic acids is 2. The highest BCUT2D eigenvalue weighted by Gasteiger charge is 2.32. The zero-order valence-corrected chi connectivity index (χ0v) is 28.1. The average molecular weight is 626 g/mol. The van der Waals surface area contributed by atoms with Crippen LogP contribution in [0.15, 0.2) is 18.2 Å². The molecule has 0 spiro atoms. The Hall–Kier alpha value is -4.24. The molecule has 3 aromatic rings. The number of fused-ring (bicyclic) bond motifs is 8. The summed E-state index contributed by atoms with van der Waals surface area (Å²) in [6, 6.07) is 6.18. The van der Waals surface area contributed by atoms with Crippen molar-refractivity contribution in [3.8, 4) is 0 Å². The van der Waals surface area contributed by atoms with Gasteiger partial charge in [0.1, 0.15) is 0 Å². The second-order valence-electron chi connectivity index (χ2n) is 12.8. The summed E-state index contributed by atoms with van der Waals surface area (Å²) >= 11 is 0. The Bertz CT molecular complexity index is 1880. The fraction of sp³-hybridized carbons (Fsp3) is 0.459. The monoisotopic (exact) mass is 625 g/mol. The molecule has 5 heterocycles. The van der Waals surface area contributed by atoms with E-state index in [1.54, 1.807) is 0 Å². The number of nitrogens with zero attached hydrogens (tertiary/aromatic N) is 2. The Morgan fingerprint density at radius 1 is 0.891 bits per heavy atom. The normalized spacial score (nSPS) is 16.3. The predicted octanol–water partition coefficient (Wildman–Crippen LogP) is 8.31. The maximum absolute atomic E-state index is 12.7. The Labute approximate surface area is 270 Å². The molecule has 0 fully saturated rings. The van der Waals surface area contributed by atoms with E-state index in [4.69, 9.17) is 9.97 Å². The van der Waals surface area contributed by atoms with Crippen molar-refractivity contribution in [1.82, 2.24) is 25.3 Å². The minimum absolute atomic E-state index is 0.00155. The van der Waals surface area contributed by atoms with E-state index in [1.807, 2.05) is 19.9 Å². The van der Waals surface area contributed by atoms with Crippen molar-refractivity contribution < 1.29 is 19.8 Å². The number of allylic oxidation sites excluding steroid dienone is 2.